The van der Waals surface area contributed by atoms with Crippen LogP contribution in [0, 0.1) is 25.2 Å². The van der Waals surface area contributed by atoms with Crippen LogP contribution in [-0.4, -0.2) is 37.6 Å². The van der Waals surface area contributed by atoms with Crippen molar-refractivity contribution in [2.45, 2.75) is 25.7 Å². The topological polar surface area (TPSA) is 119 Å². The lowest BCUT2D eigenvalue weighted by atomic mass is 10.2. The van der Waals surface area contributed by atoms with Crippen LogP contribution in [0.1, 0.15) is 23.9 Å². The van der Waals surface area contributed by atoms with Crippen LogP contribution in [0.2, 0.25) is 0 Å². The molecule has 0 atom stereocenters. The van der Waals surface area contributed by atoms with E-state index in [-0.39, 0.29) is 23.9 Å². The molecule has 0 bridgehead atoms. The van der Waals surface area contributed by atoms with Gasteiger partial charge in [-0.2, -0.15) is 10.4 Å². The summed E-state index contributed by atoms with van der Waals surface area (Å²) in [6.07, 6.45) is 0. The van der Waals surface area contributed by atoms with Crippen molar-refractivity contribution >= 4 is 21.6 Å². The first-order chi connectivity index (χ1) is 11.8. The van der Waals surface area contributed by atoms with Crippen molar-refractivity contribution in [2.75, 3.05) is 18.0 Å². The number of benzene rings is 1. The summed E-state index contributed by atoms with van der Waals surface area (Å²) < 4.78 is 27.3. The summed E-state index contributed by atoms with van der Waals surface area (Å²) in [6.45, 7) is 4.85. The Morgan fingerprint density at radius 3 is 2.44 bits per heavy atom. The van der Waals surface area contributed by atoms with Gasteiger partial charge in [-0.25, -0.2) is 13.1 Å². The number of nitrogens with zero attached hydrogens (tertiary/aromatic N) is 3. The molecule has 0 saturated carbocycles. The number of sulfonamides is 1. The van der Waals surface area contributed by atoms with E-state index < -0.39 is 10.0 Å². The molecule has 0 saturated heterocycles. The summed E-state index contributed by atoms with van der Waals surface area (Å²) in [5, 5.41) is 15.3. The van der Waals surface area contributed by atoms with Gasteiger partial charge in [-0.15, -0.1) is 0 Å². The van der Waals surface area contributed by atoms with Crippen molar-refractivity contribution in [3.05, 3.63) is 41.2 Å². The number of H-pyrrole nitrogens is 1. The minimum Gasteiger partial charge on any atom is -0.311 e. The van der Waals surface area contributed by atoms with E-state index >= 15 is 0 Å². The molecule has 2 aromatic rings. The van der Waals surface area contributed by atoms with Crippen molar-refractivity contribution in [2.24, 2.45) is 0 Å². The maximum absolute atomic E-state index is 12.4. The van der Waals surface area contributed by atoms with Gasteiger partial charge in [0, 0.05) is 25.7 Å². The summed E-state index contributed by atoms with van der Waals surface area (Å²) in [5.74, 6) is -0.223. The van der Waals surface area contributed by atoms with Crippen LogP contribution in [0.25, 0.3) is 0 Å². The number of rotatable bonds is 6. The summed E-state index contributed by atoms with van der Waals surface area (Å²) >= 11 is 0. The van der Waals surface area contributed by atoms with Crippen molar-refractivity contribution in [1.82, 2.24) is 14.9 Å². The highest BCUT2D eigenvalue weighted by molar-refractivity contribution is 7.89. The number of hydrogen-bond donors (Lipinski definition) is 2. The first kappa shape index (κ1) is 18.6. The molecule has 1 aromatic heterocycles. The quantitative estimate of drug-likeness (QED) is 0.802. The Balaban J connectivity index is 2.09. The fourth-order valence-electron chi connectivity index (χ4n) is 2.48. The molecule has 0 fully saturated rings. The van der Waals surface area contributed by atoms with Crippen LogP contribution in [-0.2, 0) is 14.8 Å². The van der Waals surface area contributed by atoms with E-state index in [9.17, 15) is 13.2 Å². The van der Waals surface area contributed by atoms with Gasteiger partial charge < -0.3 is 4.90 Å². The predicted molar refractivity (Wildman–Crippen MR) is 92.4 cm³/mol. The summed E-state index contributed by atoms with van der Waals surface area (Å²) in [7, 11) is -3.72. The number of aromatic nitrogens is 2. The van der Waals surface area contributed by atoms with E-state index in [1.165, 1.54) is 11.8 Å². The van der Waals surface area contributed by atoms with Crippen LogP contribution in [0.5, 0.6) is 0 Å². The van der Waals surface area contributed by atoms with Gasteiger partial charge in [-0.3, -0.25) is 9.89 Å². The smallest absolute Gasteiger partial charge is 0.244 e. The van der Waals surface area contributed by atoms with Crippen molar-refractivity contribution < 1.29 is 13.2 Å². The molecule has 2 N–H and O–H groups in total. The highest BCUT2D eigenvalue weighted by atomic mass is 32.2. The molecule has 1 heterocycles. The number of hydrogen-bond acceptors (Lipinski definition) is 5. The van der Waals surface area contributed by atoms with E-state index in [1.54, 1.807) is 38.1 Å². The van der Waals surface area contributed by atoms with Crippen molar-refractivity contribution in [1.29, 1.82) is 5.26 Å². The number of aromatic amines is 1. The van der Waals surface area contributed by atoms with E-state index in [0.717, 1.165) is 0 Å². The molecule has 0 aliphatic carbocycles. The Kier molecular flexibility index (Phi) is 5.56. The van der Waals surface area contributed by atoms with E-state index in [2.05, 4.69) is 14.9 Å². The molecule has 9 heteroatoms. The molecule has 2 rings (SSSR count). The number of amides is 1. The fourth-order valence-corrected chi connectivity index (χ4v) is 3.87. The first-order valence-electron chi connectivity index (χ1n) is 7.55. The van der Waals surface area contributed by atoms with Gasteiger partial charge in [0.05, 0.1) is 23.0 Å². The molecule has 0 spiro atoms. The first-order valence-corrected chi connectivity index (χ1v) is 9.04. The Morgan fingerprint density at radius 2 is 1.96 bits per heavy atom. The normalized spacial score (nSPS) is 11.1. The number of nitriles is 1. The summed E-state index contributed by atoms with van der Waals surface area (Å²) in [5.41, 5.74) is 1.93. The van der Waals surface area contributed by atoms with Crippen LogP contribution in [0.4, 0.5) is 5.69 Å². The minimum atomic E-state index is -3.72. The van der Waals surface area contributed by atoms with Gasteiger partial charge in [0.15, 0.2) is 0 Å². The highest BCUT2D eigenvalue weighted by Gasteiger charge is 2.22. The van der Waals surface area contributed by atoms with Crippen LogP contribution >= 0.6 is 0 Å². The number of aryl methyl sites for hydroxylation is 2. The molecule has 0 aliphatic rings. The minimum absolute atomic E-state index is 0.0476. The van der Waals surface area contributed by atoms with Crippen LogP contribution in [0.15, 0.2) is 29.2 Å². The molecular formula is C16H19N5O3S. The standard InChI is InChI=1S/C16H19N5O3S/c1-11-16(12(2)20-19-11)25(23,24)18-8-9-21(13(3)22)15-6-4-14(10-17)5-7-15/h4-7,18H,8-9H2,1-3H3,(H,19,20). The fraction of sp³-hybridized carbons (Fsp3) is 0.312. The Bertz CT molecular complexity index is 891. The zero-order chi connectivity index (χ0) is 18.6. The molecule has 0 radical (unpaired) electrons. The molecule has 0 unspecified atom stereocenters. The predicted octanol–water partition coefficient (Wildman–Crippen LogP) is 1.23. The zero-order valence-corrected chi connectivity index (χ0v) is 15.0. The maximum atomic E-state index is 12.4. The molecule has 0 aliphatic heterocycles. The summed E-state index contributed by atoms with van der Waals surface area (Å²) in [6, 6.07) is 8.52. The SMILES string of the molecule is CC(=O)N(CCNS(=O)(=O)c1c(C)n[nH]c1C)c1ccc(C#N)cc1. The lowest BCUT2D eigenvalue weighted by Crippen LogP contribution is -2.37. The Hall–Kier alpha value is -2.70. The average Bonchev–Trinajstić information content (AvgIpc) is 2.91. The molecule has 25 heavy (non-hydrogen) atoms. The van der Waals surface area contributed by atoms with Crippen LogP contribution < -0.4 is 9.62 Å². The second-order valence-electron chi connectivity index (χ2n) is 5.49. The van der Waals surface area contributed by atoms with E-state index in [1.807, 2.05) is 6.07 Å². The molecule has 8 nitrogen and oxygen atoms in total. The number of anilines is 1. The Labute approximate surface area is 146 Å². The van der Waals surface area contributed by atoms with Crippen molar-refractivity contribution in [3.8, 4) is 6.07 Å². The van der Waals surface area contributed by atoms with E-state index in [4.69, 9.17) is 5.26 Å². The monoisotopic (exact) mass is 361 g/mol. The largest absolute Gasteiger partial charge is 0.311 e. The molecule has 1 aromatic carbocycles. The van der Waals surface area contributed by atoms with Gasteiger partial charge >= 0.3 is 0 Å². The maximum Gasteiger partial charge on any atom is 0.244 e. The van der Waals surface area contributed by atoms with E-state index in [0.29, 0.717) is 22.6 Å². The van der Waals surface area contributed by atoms with Gasteiger partial charge in [0.2, 0.25) is 15.9 Å². The molecule has 1 amide bonds. The molecule has 132 valence electrons. The van der Waals surface area contributed by atoms with Gasteiger partial charge in [-0.1, -0.05) is 0 Å². The number of carbonyl (C=O) groups is 1. The second kappa shape index (κ2) is 7.46. The third-order valence-corrected chi connectivity index (χ3v) is 5.37. The van der Waals surface area contributed by atoms with Gasteiger partial charge in [0.1, 0.15) is 4.90 Å². The van der Waals surface area contributed by atoms with Crippen LogP contribution in [0.3, 0.4) is 0 Å². The van der Waals surface area contributed by atoms with Gasteiger partial charge in [0.25, 0.3) is 0 Å². The summed E-state index contributed by atoms with van der Waals surface area (Å²) in [4.78, 5) is 13.4. The third kappa shape index (κ3) is 4.23. The van der Waals surface area contributed by atoms with Gasteiger partial charge in [-0.05, 0) is 38.1 Å². The Morgan fingerprint density at radius 1 is 1.32 bits per heavy atom. The number of nitrogens with one attached hydrogen (secondary N) is 2. The van der Waals surface area contributed by atoms with Crippen molar-refractivity contribution in [3.63, 3.8) is 0 Å². The molecular weight excluding hydrogens is 342 g/mol. The lowest BCUT2D eigenvalue weighted by molar-refractivity contribution is -0.116. The second-order valence-corrected chi connectivity index (χ2v) is 7.19. The lowest BCUT2D eigenvalue weighted by Gasteiger charge is -2.21. The third-order valence-electron chi connectivity index (χ3n) is 3.64. The number of carbonyl (C=O) groups excluding carboxylic acids is 1. The average molecular weight is 361 g/mol. The highest BCUT2D eigenvalue weighted by Crippen LogP contribution is 2.17. The zero-order valence-electron chi connectivity index (χ0n) is 14.2.